The van der Waals surface area contributed by atoms with Crippen molar-refractivity contribution in [1.82, 2.24) is 19.6 Å². The standard InChI is InChI=1S/C13H23N5O3S/c1-5-14-12(19)11-8-17(6-7-18(11)22(4,20)21)13-15-9(2)10(3)16-13/h11H,5-8H2,1-4H3,(H,14,19)(H,15,16). The summed E-state index contributed by atoms with van der Waals surface area (Å²) in [4.78, 5) is 21.8. The van der Waals surface area contributed by atoms with Gasteiger partial charge in [-0.05, 0) is 20.8 Å². The summed E-state index contributed by atoms with van der Waals surface area (Å²) in [6, 6.07) is -0.741. The molecule has 22 heavy (non-hydrogen) atoms. The van der Waals surface area contributed by atoms with Crippen molar-refractivity contribution in [2.24, 2.45) is 0 Å². The molecule has 2 heterocycles. The van der Waals surface area contributed by atoms with Crippen LogP contribution in [0, 0.1) is 13.8 Å². The Labute approximate surface area is 130 Å². The lowest BCUT2D eigenvalue weighted by molar-refractivity contribution is -0.124. The van der Waals surface area contributed by atoms with Crippen LogP contribution in [-0.4, -0.2) is 67.1 Å². The number of likely N-dealkylation sites (N-methyl/N-ethyl adjacent to an activating group) is 1. The molecule has 0 radical (unpaired) electrons. The van der Waals surface area contributed by atoms with Crippen molar-refractivity contribution in [3.63, 3.8) is 0 Å². The van der Waals surface area contributed by atoms with E-state index in [0.29, 0.717) is 19.0 Å². The molecule has 1 saturated heterocycles. The molecule has 2 rings (SSSR count). The summed E-state index contributed by atoms with van der Waals surface area (Å²) in [6.45, 7) is 7.15. The van der Waals surface area contributed by atoms with Gasteiger partial charge in [-0.15, -0.1) is 0 Å². The lowest BCUT2D eigenvalue weighted by atomic mass is 10.2. The molecule has 1 aliphatic rings. The van der Waals surface area contributed by atoms with Gasteiger partial charge in [0.1, 0.15) is 6.04 Å². The second kappa shape index (κ2) is 6.25. The molecule has 0 aliphatic carbocycles. The van der Waals surface area contributed by atoms with Crippen LogP contribution in [0.25, 0.3) is 0 Å². The van der Waals surface area contributed by atoms with Crippen LogP contribution in [0.15, 0.2) is 0 Å². The summed E-state index contributed by atoms with van der Waals surface area (Å²) in [6.07, 6.45) is 1.13. The maximum absolute atomic E-state index is 12.2. The second-order valence-corrected chi connectivity index (χ2v) is 7.44. The minimum Gasteiger partial charge on any atom is -0.355 e. The third-order valence-corrected chi connectivity index (χ3v) is 5.12. The van der Waals surface area contributed by atoms with E-state index in [1.54, 1.807) is 0 Å². The summed E-state index contributed by atoms with van der Waals surface area (Å²) >= 11 is 0. The largest absolute Gasteiger partial charge is 0.355 e. The summed E-state index contributed by atoms with van der Waals surface area (Å²) in [5, 5.41) is 2.70. The lowest BCUT2D eigenvalue weighted by Gasteiger charge is -2.38. The molecule has 0 bridgehead atoms. The molecule has 2 N–H and O–H groups in total. The van der Waals surface area contributed by atoms with Gasteiger partial charge < -0.3 is 15.2 Å². The molecule has 8 nitrogen and oxygen atoms in total. The summed E-state index contributed by atoms with van der Waals surface area (Å²) in [7, 11) is -3.43. The quantitative estimate of drug-likeness (QED) is 0.784. The number of aryl methyl sites for hydroxylation is 2. The molecule has 0 aromatic carbocycles. The Morgan fingerprint density at radius 1 is 1.41 bits per heavy atom. The number of carbonyl (C=O) groups is 1. The van der Waals surface area contributed by atoms with E-state index >= 15 is 0 Å². The number of nitrogens with zero attached hydrogens (tertiary/aromatic N) is 3. The molecular formula is C13H23N5O3S. The monoisotopic (exact) mass is 329 g/mol. The number of amides is 1. The smallest absolute Gasteiger partial charge is 0.240 e. The Bertz CT molecular complexity index is 635. The average Bonchev–Trinajstić information content (AvgIpc) is 2.77. The number of carbonyl (C=O) groups excluding carboxylic acids is 1. The van der Waals surface area contributed by atoms with Crippen molar-refractivity contribution >= 4 is 21.9 Å². The van der Waals surface area contributed by atoms with Crippen LogP contribution in [-0.2, 0) is 14.8 Å². The van der Waals surface area contributed by atoms with Gasteiger partial charge in [-0.1, -0.05) is 0 Å². The predicted octanol–water partition coefficient (Wildman–Crippen LogP) is -0.387. The Hall–Kier alpha value is -1.61. The molecular weight excluding hydrogens is 306 g/mol. The van der Waals surface area contributed by atoms with E-state index in [-0.39, 0.29) is 19.0 Å². The molecule has 9 heteroatoms. The van der Waals surface area contributed by atoms with E-state index in [2.05, 4.69) is 15.3 Å². The molecule has 1 aromatic rings. The first-order valence-electron chi connectivity index (χ1n) is 7.26. The van der Waals surface area contributed by atoms with Gasteiger partial charge in [0.15, 0.2) is 0 Å². The van der Waals surface area contributed by atoms with Gasteiger partial charge in [0.05, 0.1) is 11.9 Å². The normalized spacial score (nSPS) is 20.2. The fourth-order valence-electron chi connectivity index (χ4n) is 2.54. The van der Waals surface area contributed by atoms with Crippen LogP contribution in [0.5, 0.6) is 0 Å². The number of sulfonamides is 1. The van der Waals surface area contributed by atoms with Crippen LogP contribution in [0.4, 0.5) is 5.95 Å². The molecule has 1 aromatic heterocycles. The molecule has 1 fully saturated rings. The van der Waals surface area contributed by atoms with Gasteiger partial charge in [0.25, 0.3) is 0 Å². The van der Waals surface area contributed by atoms with E-state index in [9.17, 15) is 13.2 Å². The zero-order chi connectivity index (χ0) is 16.5. The number of aromatic amines is 1. The molecule has 1 unspecified atom stereocenters. The van der Waals surface area contributed by atoms with Crippen molar-refractivity contribution in [1.29, 1.82) is 0 Å². The van der Waals surface area contributed by atoms with Gasteiger partial charge in [0, 0.05) is 31.9 Å². The summed E-state index contributed by atoms with van der Waals surface area (Å²) < 4.78 is 25.1. The third kappa shape index (κ3) is 3.41. The molecule has 0 saturated carbocycles. The van der Waals surface area contributed by atoms with Crippen molar-refractivity contribution in [3.8, 4) is 0 Å². The van der Waals surface area contributed by atoms with E-state index in [1.807, 2.05) is 25.7 Å². The van der Waals surface area contributed by atoms with Crippen LogP contribution in [0.1, 0.15) is 18.3 Å². The Balaban J connectivity index is 2.25. The first kappa shape index (κ1) is 16.8. The number of H-pyrrole nitrogens is 1. The summed E-state index contributed by atoms with van der Waals surface area (Å²) in [5.41, 5.74) is 1.87. The molecule has 1 atom stereocenters. The van der Waals surface area contributed by atoms with Crippen molar-refractivity contribution in [3.05, 3.63) is 11.4 Å². The second-order valence-electron chi connectivity index (χ2n) is 5.50. The molecule has 1 aliphatic heterocycles. The van der Waals surface area contributed by atoms with Crippen LogP contribution < -0.4 is 10.2 Å². The van der Waals surface area contributed by atoms with E-state index in [1.165, 1.54) is 4.31 Å². The first-order chi connectivity index (χ1) is 10.2. The number of piperazine rings is 1. The van der Waals surface area contributed by atoms with Crippen LogP contribution in [0.2, 0.25) is 0 Å². The third-order valence-electron chi connectivity index (χ3n) is 3.83. The highest BCUT2D eigenvalue weighted by atomic mass is 32.2. The number of hydrogen-bond donors (Lipinski definition) is 2. The highest BCUT2D eigenvalue weighted by molar-refractivity contribution is 7.88. The van der Waals surface area contributed by atoms with Crippen LogP contribution >= 0.6 is 0 Å². The zero-order valence-electron chi connectivity index (χ0n) is 13.4. The number of anilines is 1. The van der Waals surface area contributed by atoms with E-state index < -0.39 is 16.1 Å². The number of nitrogens with one attached hydrogen (secondary N) is 2. The predicted molar refractivity (Wildman–Crippen MR) is 84.3 cm³/mol. The van der Waals surface area contributed by atoms with Crippen molar-refractivity contribution in [2.75, 3.05) is 37.3 Å². The maximum atomic E-state index is 12.2. The fourth-order valence-corrected chi connectivity index (χ4v) is 3.58. The number of hydrogen-bond acceptors (Lipinski definition) is 5. The first-order valence-corrected chi connectivity index (χ1v) is 9.11. The van der Waals surface area contributed by atoms with Gasteiger partial charge in [-0.25, -0.2) is 13.4 Å². The fraction of sp³-hybridized carbons (Fsp3) is 0.692. The van der Waals surface area contributed by atoms with Gasteiger partial charge in [0.2, 0.25) is 21.9 Å². The Morgan fingerprint density at radius 3 is 2.59 bits per heavy atom. The Morgan fingerprint density at radius 2 is 2.09 bits per heavy atom. The summed E-state index contributed by atoms with van der Waals surface area (Å²) in [5.74, 6) is 0.398. The average molecular weight is 329 g/mol. The highest BCUT2D eigenvalue weighted by Crippen LogP contribution is 2.20. The minimum absolute atomic E-state index is 0.263. The molecule has 1 amide bonds. The maximum Gasteiger partial charge on any atom is 0.240 e. The molecule has 124 valence electrons. The van der Waals surface area contributed by atoms with Crippen LogP contribution in [0.3, 0.4) is 0 Å². The number of rotatable bonds is 4. The SMILES string of the molecule is CCNC(=O)C1CN(c2nc(C)c(C)[nH]2)CCN1S(C)(=O)=O. The van der Waals surface area contributed by atoms with E-state index in [0.717, 1.165) is 17.6 Å². The van der Waals surface area contributed by atoms with Crippen molar-refractivity contribution < 1.29 is 13.2 Å². The minimum atomic E-state index is -3.43. The number of imidazole rings is 1. The lowest BCUT2D eigenvalue weighted by Crippen LogP contribution is -2.60. The van der Waals surface area contributed by atoms with Gasteiger partial charge in [-0.2, -0.15) is 4.31 Å². The molecule has 0 spiro atoms. The Kier molecular flexibility index (Phi) is 4.76. The van der Waals surface area contributed by atoms with Crippen molar-refractivity contribution in [2.45, 2.75) is 26.8 Å². The number of aromatic nitrogens is 2. The topological polar surface area (TPSA) is 98.4 Å². The zero-order valence-corrected chi connectivity index (χ0v) is 14.2. The van der Waals surface area contributed by atoms with Gasteiger partial charge in [-0.3, -0.25) is 4.79 Å². The van der Waals surface area contributed by atoms with Gasteiger partial charge >= 0.3 is 0 Å². The van der Waals surface area contributed by atoms with E-state index in [4.69, 9.17) is 0 Å². The highest BCUT2D eigenvalue weighted by Gasteiger charge is 2.38.